The average molecular weight is 370 g/mol. The van der Waals surface area contributed by atoms with Crippen molar-refractivity contribution >= 4 is 0 Å². The number of rotatable bonds is 7. The van der Waals surface area contributed by atoms with Crippen LogP contribution >= 0.6 is 0 Å². The maximum atomic E-state index is 9.76. The lowest BCUT2D eigenvalue weighted by Gasteiger charge is -2.40. The third kappa shape index (κ3) is 8.55. The first-order valence-corrected chi connectivity index (χ1v) is 7.57. The van der Waals surface area contributed by atoms with Gasteiger partial charge >= 0.3 is 0 Å². The Bertz CT molecular complexity index is 343. The van der Waals surface area contributed by atoms with Crippen molar-refractivity contribution in [1.82, 2.24) is 0 Å². The molecule has 8 heteroatoms. The minimum Gasteiger partial charge on any atom is -1.00 e. The Labute approximate surface area is 151 Å². The van der Waals surface area contributed by atoms with Crippen molar-refractivity contribution in [3.63, 3.8) is 0 Å². The molecule has 7 nitrogen and oxygen atoms in total. The first kappa shape index (κ1) is 25.7. The van der Waals surface area contributed by atoms with Crippen LogP contribution in [0.5, 0.6) is 0 Å². The molecule has 1 saturated heterocycles. The predicted molar refractivity (Wildman–Crippen MR) is 87.3 cm³/mol. The molecule has 1 rings (SSSR count). The zero-order chi connectivity index (χ0) is 18.0. The summed E-state index contributed by atoms with van der Waals surface area (Å²) in [7, 11) is 5.40. The molecule has 0 amide bonds. The van der Waals surface area contributed by atoms with Crippen molar-refractivity contribution in [3.8, 4) is 0 Å². The van der Waals surface area contributed by atoms with Gasteiger partial charge in [-0.05, 0) is 13.2 Å². The summed E-state index contributed by atoms with van der Waals surface area (Å²) in [6.07, 6.45) is 0.486. The maximum Gasteiger partial charge on any atom is 0.186 e. The maximum absolute atomic E-state index is 9.76. The third-order valence-electron chi connectivity index (χ3n) is 3.75. The summed E-state index contributed by atoms with van der Waals surface area (Å²) in [5.74, 6) is -0.250. The number of ether oxygens (including phenoxy) is 3. The van der Waals surface area contributed by atoms with E-state index in [1.54, 1.807) is 6.92 Å². The summed E-state index contributed by atoms with van der Waals surface area (Å²) >= 11 is 0. The smallest absolute Gasteiger partial charge is 0.186 e. The number of aliphatic hydroxyl groups excluding tert-OH is 3. The highest BCUT2D eigenvalue weighted by Gasteiger charge is 2.42. The molecule has 0 aromatic heterocycles. The van der Waals surface area contributed by atoms with Crippen molar-refractivity contribution in [3.05, 3.63) is 25.6 Å². The Morgan fingerprint density at radius 1 is 1.17 bits per heavy atom. The van der Waals surface area contributed by atoms with E-state index < -0.39 is 18.5 Å². The number of nitrogens with zero attached hydrogens (tertiary/aromatic N) is 1. The van der Waals surface area contributed by atoms with Gasteiger partial charge in [0.25, 0.3) is 0 Å². The number of hydrogen-bond donors (Lipinski definition) is 3. The quantitative estimate of drug-likeness (QED) is 0.329. The van der Waals surface area contributed by atoms with Gasteiger partial charge in [-0.1, -0.05) is 6.92 Å². The molecule has 0 aliphatic carbocycles. The molecule has 1 aliphatic rings. The molecule has 0 spiro atoms. The van der Waals surface area contributed by atoms with Gasteiger partial charge in [-0.3, -0.25) is 4.48 Å². The summed E-state index contributed by atoms with van der Waals surface area (Å²) in [5.41, 5.74) is 0. The Hall–Kier alpha value is -0.510. The Kier molecular flexibility index (Phi) is 13.7. The van der Waals surface area contributed by atoms with Gasteiger partial charge in [0.1, 0.15) is 6.10 Å². The third-order valence-corrected chi connectivity index (χ3v) is 3.75. The van der Waals surface area contributed by atoms with Crippen molar-refractivity contribution in [2.24, 2.45) is 5.92 Å². The Balaban J connectivity index is 0. The van der Waals surface area contributed by atoms with Crippen LogP contribution in [0.1, 0.15) is 6.92 Å². The minimum absolute atomic E-state index is 0. The second-order valence-corrected chi connectivity index (χ2v) is 5.91. The molecule has 3 N–H and O–H groups in total. The Morgan fingerprint density at radius 3 is 2.08 bits per heavy atom. The Morgan fingerprint density at radius 2 is 1.71 bits per heavy atom. The highest BCUT2D eigenvalue weighted by molar-refractivity contribution is 4.86. The first-order valence-electron chi connectivity index (χ1n) is 7.57. The summed E-state index contributed by atoms with van der Waals surface area (Å²) in [4.78, 5) is 0. The number of halogens is 1. The molecule has 2 unspecified atom stereocenters. The van der Waals surface area contributed by atoms with Crippen LogP contribution in [-0.2, 0) is 14.2 Å². The largest absolute Gasteiger partial charge is 1.00 e. The predicted octanol–water partition coefficient (Wildman–Crippen LogP) is -2.92. The van der Waals surface area contributed by atoms with Gasteiger partial charge in [0.05, 0.1) is 58.5 Å². The van der Waals surface area contributed by atoms with Crippen LogP contribution in [0.25, 0.3) is 0 Å². The van der Waals surface area contributed by atoms with E-state index in [0.29, 0.717) is 4.48 Å². The molecule has 0 radical (unpaired) electrons. The van der Waals surface area contributed by atoms with Crippen LogP contribution in [-0.4, -0.2) is 85.4 Å². The summed E-state index contributed by atoms with van der Waals surface area (Å²) in [5, 5.41) is 28.0. The SMILES string of the molecule is C=C[N+](C)(C)C=C.CO[C@@H]1OC(COCCO)C(C)[C@H](O)[C@H]1O.[Cl-]. The molecule has 24 heavy (non-hydrogen) atoms. The molecular formula is C16H32ClNO6. The van der Waals surface area contributed by atoms with Crippen LogP contribution in [0, 0.1) is 5.92 Å². The normalized spacial score (nSPS) is 29.7. The van der Waals surface area contributed by atoms with E-state index in [2.05, 4.69) is 13.2 Å². The van der Waals surface area contributed by atoms with Crippen LogP contribution < -0.4 is 12.4 Å². The number of methoxy groups -OCH3 is 1. The summed E-state index contributed by atoms with van der Waals surface area (Å²) < 4.78 is 16.2. The van der Waals surface area contributed by atoms with E-state index in [0.717, 1.165) is 0 Å². The van der Waals surface area contributed by atoms with E-state index in [-0.39, 0.29) is 44.2 Å². The molecule has 0 saturated carbocycles. The van der Waals surface area contributed by atoms with Gasteiger partial charge in [0.15, 0.2) is 6.29 Å². The fraction of sp³-hybridized carbons (Fsp3) is 0.750. The van der Waals surface area contributed by atoms with Crippen molar-refractivity contribution in [2.45, 2.75) is 31.5 Å². The van der Waals surface area contributed by atoms with E-state index >= 15 is 0 Å². The minimum atomic E-state index is -1.05. The summed E-state index contributed by atoms with van der Waals surface area (Å²) in [6.45, 7) is 9.40. The van der Waals surface area contributed by atoms with Crippen LogP contribution in [0.15, 0.2) is 25.6 Å². The fourth-order valence-corrected chi connectivity index (χ4v) is 1.79. The zero-order valence-corrected chi connectivity index (χ0v) is 15.7. The van der Waals surface area contributed by atoms with Gasteiger partial charge in [0, 0.05) is 13.0 Å². The van der Waals surface area contributed by atoms with Crippen molar-refractivity contribution in [1.29, 1.82) is 0 Å². The lowest BCUT2D eigenvalue weighted by molar-refractivity contribution is -0.783. The lowest BCUT2D eigenvalue weighted by Crippen LogP contribution is -3.00. The molecule has 0 aromatic carbocycles. The highest BCUT2D eigenvalue weighted by Crippen LogP contribution is 2.26. The number of hydrogen-bond acceptors (Lipinski definition) is 6. The van der Waals surface area contributed by atoms with Crippen molar-refractivity contribution in [2.75, 3.05) is 41.0 Å². The number of aliphatic hydroxyl groups is 3. The van der Waals surface area contributed by atoms with E-state index in [1.807, 2.05) is 26.5 Å². The van der Waals surface area contributed by atoms with Gasteiger partial charge in [-0.25, -0.2) is 0 Å². The molecule has 1 fully saturated rings. The first-order chi connectivity index (χ1) is 10.7. The van der Waals surface area contributed by atoms with Crippen LogP contribution in [0.4, 0.5) is 0 Å². The van der Waals surface area contributed by atoms with Crippen LogP contribution in [0.3, 0.4) is 0 Å². The molecule has 5 atom stereocenters. The average Bonchev–Trinajstić information content (AvgIpc) is 2.55. The molecule has 1 aliphatic heterocycles. The van der Waals surface area contributed by atoms with Gasteiger partial charge in [0.2, 0.25) is 0 Å². The highest BCUT2D eigenvalue weighted by atomic mass is 35.5. The fourth-order valence-electron chi connectivity index (χ4n) is 1.79. The number of quaternary nitrogens is 1. The zero-order valence-electron chi connectivity index (χ0n) is 15.0. The lowest BCUT2D eigenvalue weighted by atomic mass is 9.91. The van der Waals surface area contributed by atoms with E-state index in [9.17, 15) is 10.2 Å². The molecule has 0 bridgehead atoms. The molecular weight excluding hydrogens is 338 g/mol. The van der Waals surface area contributed by atoms with Gasteiger partial charge < -0.3 is 41.9 Å². The molecule has 1 heterocycles. The van der Waals surface area contributed by atoms with E-state index in [4.69, 9.17) is 19.3 Å². The summed E-state index contributed by atoms with van der Waals surface area (Å²) in [6, 6.07) is 0. The topological polar surface area (TPSA) is 88.4 Å². The van der Waals surface area contributed by atoms with Gasteiger partial charge in [-0.15, -0.1) is 0 Å². The second-order valence-electron chi connectivity index (χ2n) is 5.91. The monoisotopic (exact) mass is 369 g/mol. The molecule has 144 valence electrons. The second kappa shape index (κ2) is 12.8. The molecule has 0 aromatic rings. The standard InChI is InChI=1S/C10H20O6.C6H12N.ClH/c1-6-7(5-15-4-3-11)16-10(14-2)9(13)8(6)12;1-5-7(3,4)6-2;/h6-13H,3-5H2,1-2H3;5-6H,1-2H2,3-4H3;1H/q;+1;/p-1/t6?,7?,8-,9+,10+;;/m0../s1. The van der Waals surface area contributed by atoms with Gasteiger partial charge in [-0.2, -0.15) is 0 Å². The van der Waals surface area contributed by atoms with Crippen LogP contribution in [0.2, 0.25) is 0 Å². The van der Waals surface area contributed by atoms with Crippen molar-refractivity contribution < 1.29 is 46.4 Å². The van der Waals surface area contributed by atoms with E-state index in [1.165, 1.54) is 7.11 Å².